The molecular formula is C18H33IN4O3. The summed E-state index contributed by atoms with van der Waals surface area (Å²) < 4.78 is 5.94. The van der Waals surface area contributed by atoms with Crippen molar-refractivity contribution in [2.75, 3.05) is 33.3 Å². The van der Waals surface area contributed by atoms with Crippen molar-refractivity contribution in [2.45, 2.75) is 63.9 Å². The van der Waals surface area contributed by atoms with Crippen molar-refractivity contribution in [1.29, 1.82) is 0 Å². The van der Waals surface area contributed by atoms with Crippen molar-refractivity contribution in [3.63, 3.8) is 0 Å². The van der Waals surface area contributed by atoms with Gasteiger partial charge in [0, 0.05) is 39.5 Å². The molecule has 2 amide bonds. The van der Waals surface area contributed by atoms with E-state index in [9.17, 15) is 9.59 Å². The summed E-state index contributed by atoms with van der Waals surface area (Å²) >= 11 is 0. The van der Waals surface area contributed by atoms with Gasteiger partial charge in [0.2, 0.25) is 11.8 Å². The van der Waals surface area contributed by atoms with Gasteiger partial charge in [0.25, 0.3) is 0 Å². The fourth-order valence-electron chi connectivity index (χ4n) is 3.36. The van der Waals surface area contributed by atoms with E-state index in [1.54, 1.807) is 7.05 Å². The summed E-state index contributed by atoms with van der Waals surface area (Å²) in [5.74, 6) is 0.525. The number of piperidine rings is 1. The summed E-state index contributed by atoms with van der Waals surface area (Å²) in [4.78, 5) is 29.0. The average molecular weight is 480 g/mol. The highest BCUT2D eigenvalue weighted by atomic mass is 127. The Kier molecular flexibility index (Phi) is 11.8. The van der Waals surface area contributed by atoms with Gasteiger partial charge in [-0.2, -0.15) is 0 Å². The van der Waals surface area contributed by atoms with E-state index in [4.69, 9.17) is 4.74 Å². The van der Waals surface area contributed by atoms with Gasteiger partial charge in [0.05, 0.1) is 12.7 Å². The molecule has 7 nitrogen and oxygen atoms in total. The summed E-state index contributed by atoms with van der Waals surface area (Å²) in [6.45, 7) is 2.24. The quantitative estimate of drug-likeness (QED) is 0.146. The van der Waals surface area contributed by atoms with Crippen LogP contribution in [0.4, 0.5) is 0 Å². The average Bonchev–Trinajstić information content (AvgIpc) is 2.88. The molecule has 0 aromatic heterocycles. The second kappa shape index (κ2) is 13.3. The summed E-state index contributed by atoms with van der Waals surface area (Å²) in [7, 11) is 1.71. The molecule has 2 aliphatic rings. The van der Waals surface area contributed by atoms with Crippen molar-refractivity contribution in [1.82, 2.24) is 15.5 Å². The van der Waals surface area contributed by atoms with Crippen LogP contribution < -0.4 is 10.6 Å². The number of nitrogens with one attached hydrogen (secondary N) is 2. The molecule has 0 spiro atoms. The number of nitrogens with zero attached hydrogens (tertiary/aromatic N) is 2. The molecule has 26 heavy (non-hydrogen) atoms. The molecule has 0 bridgehead atoms. The van der Waals surface area contributed by atoms with Crippen LogP contribution in [-0.2, 0) is 14.3 Å². The van der Waals surface area contributed by atoms with E-state index in [-0.39, 0.29) is 35.8 Å². The summed E-state index contributed by atoms with van der Waals surface area (Å²) in [5, 5.41) is 6.35. The second-order valence-corrected chi connectivity index (χ2v) is 6.70. The number of halogens is 1. The Morgan fingerprint density at radius 3 is 2.27 bits per heavy atom. The van der Waals surface area contributed by atoms with Crippen molar-refractivity contribution in [3.05, 3.63) is 0 Å². The minimum atomic E-state index is -0.0715. The maximum Gasteiger partial charge on any atom is 0.229 e. The van der Waals surface area contributed by atoms with E-state index < -0.39 is 0 Å². The molecule has 1 heterocycles. The predicted molar refractivity (Wildman–Crippen MR) is 113 cm³/mol. The normalized spacial score (nSPS) is 19.7. The molecule has 1 aliphatic carbocycles. The van der Waals surface area contributed by atoms with E-state index >= 15 is 0 Å². The van der Waals surface area contributed by atoms with Crippen molar-refractivity contribution < 1.29 is 14.3 Å². The number of hydrogen-bond donors (Lipinski definition) is 2. The zero-order chi connectivity index (χ0) is 17.9. The van der Waals surface area contributed by atoms with Crippen LogP contribution in [0.25, 0.3) is 0 Å². The van der Waals surface area contributed by atoms with Crippen LogP contribution >= 0.6 is 24.0 Å². The zero-order valence-corrected chi connectivity index (χ0v) is 18.1. The summed E-state index contributed by atoms with van der Waals surface area (Å²) in [6.07, 6.45) is 9.56. The summed E-state index contributed by atoms with van der Waals surface area (Å²) in [5.41, 5.74) is 0. The Labute approximate surface area is 173 Å². The number of rotatable bonds is 7. The van der Waals surface area contributed by atoms with Crippen LogP contribution in [0.3, 0.4) is 0 Å². The zero-order valence-electron chi connectivity index (χ0n) is 15.8. The molecule has 0 radical (unpaired) electrons. The molecule has 150 valence electrons. The molecule has 1 saturated heterocycles. The predicted octanol–water partition coefficient (Wildman–Crippen LogP) is 2.05. The maximum atomic E-state index is 11.8. The van der Waals surface area contributed by atoms with E-state index in [0.717, 1.165) is 0 Å². The molecule has 1 saturated carbocycles. The first-order valence-electron chi connectivity index (χ1n) is 9.60. The van der Waals surface area contributed by atoms with Gasteiger partial charge in [0.15, 0.2) is 5.96 Å². The lowest BCUT2D eigenvalue weighted by Gasteiger charge is -2.25. The molecule has 0 unspecified atom stereocenters. The van der Waals surface area contributed by atoms with Gasteiger partial charge < -0.3 is 15.4 Å². The number of guanidine groups is 1. The van der Waals surface area contributed by atoms with Crippen LogP contribution in [-0.4, -0.2) is 62.1 Å². The van der Waals surface area contributed by atoms with Gasteiger partial charge >= 0.3 is 0 Å². The van der Waals surface area contributed by atoms with Crippen LogP contribution in [0.1, 0.15) is 57.8 Å². The van der Waals surface area contributed by atoms with E-state index in [2.05, 4.69) is 15.6 Å². The minimum Gasteiger partial charge on any atom is -0.376 e. The molecule has 8 heteroatoms. The third kappa shape index (κ3) is 8.20. The number of ether oxygens (including phenoxy) is 1. The number of amides is 2. The second-order valence-electron chi connectivity index (χ2n) is 6.70. The standard InChI is InChI=1S/C18H32N4O3.HI/c1-19-18(20-11-13-22-16(23)9-6-10-17(22)24)21-12-14-25-15-7-4-2-3-5-8-15;/h15H,2-14H2,1H3,(H2,19,20,21);1H. The lowest BCUT2D eigenvalue weighted by Crippen LogP contribution is -2.47. The largest absolute Gasteiger partial charge is 0.376 e. The lowest BCUT2D eigenvalue weighted by molar-refractivity contribution is -0.147. The third-order valence-electron chi connectivity index (χ3n) is 4.79. The van der Waals surface area contributed by atoms with Gasteiger partial charge in [0.1, 0.15) is 0 Å². The van der Waals surface area contributed by atoms with Crippen LogP contribution in [0.5, 0.6) is 0 Å². The third-order valence-corrected chi connectivity index (χ3v) is 4.79. The van der Waals surface area contributed by atoms with Gasteiger partial charge in [-0.05, 0) is 19.3 Å². The molecule has 2 fully saturated rings. The monoisotopic (exact) mass is 480 g/mol. The minimum absolute atomic E-state index is 0. The van der Waals surface area contributed by atoms with E-state index in [1.165, 1.54) is 43.4 Å². The molecule has 2 N–H and O–H groups in total. The Morgan fingerprint density at radius 1 is 1.04 bits per heavy atom. The van der Waals surface area contributed by atoms with Crippen molar-refractivity contribution in [3.8, 4) is 0 Å². The van der Waals surface area contributed by atoms with E-state index in [1.807, 2.05) is 0 Å². The van der Waals surface area contributed by atoms with E-state index in [0.29, 0.717) is 57.6 Å². The smallest absolute Gasteiger partial charge is 0.229 e. The first-order valence-corrected chi connectivity index (χ1v) is 9.60. The van der Waals surface area contributed by atoms with Gasteiger partial charge in [-0.1, -0.05) is 25.7 Å². The number of hydrogen-bond acceptors (Lipinski definition) is 4. The molecule has 0 aromatic rings. The first-order chi connectivity index (χ1) is 12.2. The van der Waals surface area contributed by atoms with Crippen molar-refractivity contribution >= 4 is 41.8 Å². The number of likely N-dealkylation sites (tertiary alicyclic amines) is 1. The van der Waals surface area contributed by atoms with Crippen LogP contribution in [0.15, 0.2) is 4.99 Å². The Bertz CT molecular complexity index is 449. The number of imide groups is 1. The molecular weight excluding hydrogens is 447 g/mol. The fourth-order valence-corrected chi connectivity index (χ4v) is 3.36. The SMILES string of the molecule is CN=C(NCCOC1CCCCCC1)NCCN1C(=O)CCCC1=O.I. The molecule has 2 rings (SSSR count). The number of carbonyl (C=O) groups excluding carboxylic acids is 2. The maximum absolute atomic E-state index is 11.8. The number of carbonyl (C=O) groups is 2. The number of aliphatic imine (C=N–C) groups is 1. The highest BCUT2D eigenvalue weighted by Gasteiger charge is 2.25. The molecule has 0 atom stereocenters. The topological polar surface area (TPSA) is 83.0 Å². The lowest BCUT2D eigenvalue weighted by atomic mass is 10.1. The van der Waals surface area contributed by atoms with Crippen LogP contribution in [0.2, 0.25) is 0 Å². The van der Waals surface area contributed by atoms with Crippen LogP contribution in [0, 0.1) is 0 Å². The van der Waals surface area contributed by atoms with Gasteiger partial charge in [-0.25, -0.2) is 0 Å². The Hall–Kier alpha value is -0.900. The highest BCUT2D eigenvalue weighted by Crippen LogP contribution is 2.19. The Balaban J connectivity index is 0.00000338. The van der Waals surface area contributed by atoms with Crippen molar-refractivity contribution in [2.24, 2.45) is 4.99 Å². The summed E-state index contributed by atoms with van der Waals surface area (Å²) in [6, 6.07) is 0. The van der Waals surface area contributed by atoms with Gasteiger partial charge in [-0.15, -0.1) is 24.0 Å². The highest BCUT2D eigenvalue weighted by molar-refractivity contribution is 14.0. The van der Waals surface area contributed by atoms with Gasteiger partial charge in [-0.3, -0.25) is 19.5 Å². The fraction of sp³-hybridized carbons (Fsp3) is 0.833. The molecule has 1 aliphatic heterocycles. The molecule has 0 aromatic carbocycles. The first kappa shape index (κ1) is 23.1. The Morgan fingerprint density at radius 2 is 1.65 bits per heavy atom.